The van der Waals surface area contributed by atoms with Gasteiger partial charge in [-0.2, -0.15) is 0 Å². The molecular weight excluding hydrogens is 118 g/mol. The van der Waals surface area contributed by atoms with Crippen LogP contribution in [-0.4, -0.2) is 19.0 Å². The first kappa shape index (κ1) is 5.94. The lowest BCUT2D eigenvalue weighted by Gasteiger charge is -2.13. The van der Waals surface area contributed by atoms with Crippen LogP contribution in [0.25, 0.3) is 0 Å². The minimum absolute atomic E-state index is 0.415. The molecule has 0 radical (unpaired) electrons. The summed E-state index contributed by atoms with van der Waals surface area (Å²) in [4.78, 5) is 10.4. The molecule has 50 valence electrons. The van der Waals surface area contributed by atoms with Gasteiger partial charge in [0.2, 0.25) is 0 Å². The summed E-state index contributed by atoms with van der Waals surface area (Å²) in [6.45, 7) is 1.60. The van der Waals surface area contributed by atoms with Gasteiger partial charge in [-0.1, -0.05) is 0 Å². The van der Waals surface area contributed by atoms with E-state index in [-0.39, 0.29) is 0 Å². The van der Waals surface area contributed by atoms with Gasteiger partial charge in [0.15, 0.2) is 0 Å². The summed E-state index contributed by atoms with van der Waals surface area (Å²) in [5.41, 5.74) is 5.42. The third-order valence-electron chi connectivity index (χ3n) is 1.10. The first-order valence-electron chi connectivity index (χ1n) is 2.78. The molecule has 0 aromatic carbocycles. The van der Waals surface area contributed by atoms with Crippen molar-refractivity contribution in [2.45, 2.75) is 0 Å². The molecule has 1 heterocycles. The SMILES string of the molecule is NC(=O)C1=CNCCN1. The molecule has 0 bridgehead atoms. The van der Waals surface area contributed by atoms with Crippen molar-refractivity contribution in [2.75, 3.05) is 13.1 Å². The number of amides is 1. The van der Waals surface area contributed by atoms with Crippen molar-refractivity contribution >= 4 is 5.91 Å². The molecule has 4 heteroatoms. The lowest BCUT2D eigenvalue weighted by Crippen LogP contribution is -2.36. The molecule has 1 amide bonds. The Morgan fingerprint density at radius 1 is 1.67 bits per heavy atom. The highest BCUT2D eigenvalue weighted by Crippen LogP contribution is 1.87. The summed E-state index contributed by atoms with van der Waals surface area (Å²) in [7, 11) is 0. The Labute approximate surface area is 53.1 Å². The molecule has 0 fully saturated rings. The number of rotatable bonds is 1. The molecule has 4 nitrogen and oxygen atoms in total. The van der Waals surface area contributed by atoms with E-state index < -0.39 is 5.91 Å². The van der Waals surface area contributed by atoms with Crippen LogP contribution < -0.4 is 16.4 Å². The predicted octanol–water partition coefficient (Wildman–Crippen LogP) is -1.49. The zero-order chi connectivity index (χ0) is 6.69. The second kappa shape index (κ2) is 2.39. The fourth-order valence-electron chi connectivity index (χ4n) is 0.653. The van der Waals surface area contributed by atoms with E-state index in [0.717, 1.165) is 13.1 Å². The third kappa shape index (κ3) is 1.35. The van der Waals surface area contributed by atoms with E-state index >= 15 is 0 Å². The Bertz CT molecular complexity index is 152. The summed E-state index contributed by atoms with van der Waals surface area (Å²) >= 11 is 0. The van der Waals surface area contributed by atoms with Crippen LogP contribution >= 0.6 is 0 Å². The molecule has 0 aromatic rings. The van der Waals surface area contributed by atoms with Crippen LogP contribution in [0.5, 0.6) is 0 Å². The van der Waals surface area contributed by atoms with E-state index in [1.54, 1.807) is 6.20 Å². The topological polar surface area (TPSA) is 67.2 Å². The molecule has 0 saturated heterocycles. The monoisotopic (exact) mass is 127 g/mol. The molecule has 1 aliphatic heterocycles. The van der Waals surface area contributed by atoms with Crippen molar-refractivity contribution in [1.82, 2.24) is 10.6 Å². The van der Waals surface area contributed by atoms with Gasteiger partial charge in [0.25, 0.3) is 5.91 Å². The van der Waals surface area contributed by atoms with Crippen molar-refractivity contribution in [3.63, 3.8) is 0 Å². The van der Waals surface area contributed by atoms with E-state index in [0.29, 0.717) is 5.70 Å². The first-order chi connectivity index (χ1) is 4.30. The van der Waals surface area contributed by atoms with Crippen molar-refractivity contribution in [3.05, 3.63) is 11.9 Å². The van der Waals surface area contributed by atoms with Crippen LogP contribution in [0.15, 0.2) is 11.9 Å². The molecule has 0 aromatic heterocycles. The van der Waals surface area contributed by atoms with Crippen molar-refractivity contribution in [3.8, 4) is 0 Å². The van der Waals surface area contributed by atoms with Gasteiger partial charge < -0.3 is 16.4 Å². The highest BCUT2D eigenvalue weighted by molar-refractivity contribution is 5.91. The van der Waals surface area contributed by atoms with E-state index in [1.165, 1.54) is 0 Å². The van der Waals surface area contributed by atoms with Crippen LogP contribution in [0.3, 0.4) is 0 Å². The summed E-state index contributed by atoms with van der Waals surface area (Å²) in [6.07, 6.45) is 1.59. The lowest BCUT2D eigenvalue weighted by molar-refractivity contribution is -0.115. The summed E-state index contributed by atoms with van der Waals surface area (Å²) < 4.78 is 0. The fraction of sp³-hybridized carbons (Fsp3) is 0.400. The summed E-state index contributed by atoms with van der Waals surface area (Å²) in [5, 5.41) is 5.73. The maximum Gasteiger partial charge on any atom is 0.266 e. The van der Waals surface area contributed by atoms with Crippen LogP contribution in [0.1, 0.15) is 0 Å². The minimum atomic E-state index is -0.415. The fourth-order valence-corrected chi connectivity index (χ4v) is 0.653. The van der Waals surface area contributed by atoms with E-state index in [1.807, 2.05) is 0 Å². The van der Waals surface area contributed by atoms with Crippen molar-refractivity contribution in [1.29, 1.82) is 0 Å². The van der Waals surface area contributed by atoms with Crippen molar-refractivity contribution < 1.29 is 4.79 Å². The molecule has 0 saturated carbocycles. The zero-order valence-corrected chi connectivity index (χ0v) is 4.98. The molecule has 0 unspecified atom stereocenters. The smallest absolute Gasteiger partial charge is 0.266 e. The highest BCUT2D eigenvalue weighted by atomic mass is 16.1. The van der Waals surface area contributed by atoms with E-state index in [4.69, 9.17) is 5.73 Å². The Kier molecular flexibility index (Phi) is 1.58. The molecule has 0 spiro atoms. The van der Waals surface area contributed by atoms with Crippen molar-refractivity contribution in [2.24, 2.45) is 5.73 Å². The van der Waals surface area contributed by atoms with Gasteiger partial charge in [-0.15, -0.1) is 0 Å². The predicted molar refractivity (Wildman–Crippen MR) is 33.3 cm³/mol. The molecule has 4 N–H and O–H groups in total. The van der Waals surface area contributed by atoms with Crippen LogP contribution in [-0.2, 0) is 4.79 Å². The third-order valence-corrected chi connectivity index (χ3v) is 1.10. The van der Waals surface area contributed by atoms with E-state index in [9.17, 15) is 4.79 Å². The molecule has 0 atom stereocenters. The van der Waals surface area contributed by atoms with Gasteiger partial charge in [0.05, 0.1) is 0 Å². The Morgan fingerprint density at radius 3 is 2.78 bits per heavy atom. The maximum absolute atomic E-state index is 10.4. The van der Waals surface area contributed by atoms with Gasteiger partial charge in [0.1, 0.15) is 5.70 Å². The van der Waals surface area contributed by atoms with Gasteiger partial charge >= 0.3 is 0 Å². The number of carbonyl (C=O) groups is 1. The lowest BCUT2D eigenvalue weighted by atomic mass is 10.4. The van der Waals surface area contributed by atoms with Crippen LogP contribution in [0.4, 0.5) is 0 Å². The average molecular weight is 127 g/mol. The quantitative estimate of drug-likeness (QED) is 0.402. The number of primary amides is 1. The zero-order valence-electron chi connectivity index (χ0n) is 4.98. The van der Waals surface area contributed by atoms with Crippen LogP contribution in [0, 0.1) is 0 Å². The summed E-state index contributed by atoms with van der Waals surface area (Å²) in [6, 6.07) is 0. The minimum Gasteiger partial charge on any atom is -0.387 e. The number of nitrogens with one attached hydrogen (secondary N) is 2. The molecular formula is C5H9N3O. The normalized spacial score (nSPS) is 17.1. The van der Waals surface area contributed by atoms with E-state index in [2.05, 4.69) is 10.6 Å². The first-order valence-corrected chi connectivity index (χ1v) is 2.78. The Morgan fingerprint density at radius 2 is 2.44 bits per heavy atom. The van der Waals surface area contributed by atoms with Gasteiger partial charge in [-0.3, -0.25) is 4.79 Å². The number of hydrogen-bond donors (Lipinski definition) is 3. The van der Waals surface area contributed by atoms with Crippen LogP contribution in [0.2, 0.25) is 0 Å². The summed E-state index contributed by atoms with van der Waals surface area (Å²) in [5.74, 6) is -0.415. The molecule has 0 aliphatic carbocycles. The highest BCUT2D eigenvalue weighted by Gasteiger charge is 2.05. The number of nitrogens with two attached hydrogens (primary N) is 1. The molecule has 1 rings (SSSR count). The standard InChI is InChI=1S/C5H9N3O/c6-5(9)4-3-7-1-2-8-4/h3,7-8H,1-2H2,(H2,6,9). The Balaban J connectivity index is 2.57. The second-order valence-electron chi connectivity index (χ2n) is 1.80. The molecule has 1 aliphatic rings. The molecule has 9 heavy (non-hydrogen) atoms. The largest absolute Gasteiger partial charge is 0.387 e. The second-order valence-corrected chi connectivity index (χ2v) is 1.80. The van der Waals surface area contributed by atoms with Gasteiger partial charge in [0, 0.05) is 19.3 Å². The maximum atomic E-state index is 10.4. The Hall–Kier alpha value is -1.19. The number of hydrogen-bond acceptors (Lipinski definition) is 3. The average Bonchev–Trinajstić information content (AvgIpc) is 1.90. The number of carbonyl (C=O) groups excluding carboxylic acids is 1. The van der Waals surface area contributed by atoms with Gasteiger partial charge in [-0.05, 0) is 0 Å². The van der Waals surface area contributed by atoms with Gasteiger partial charge in [-0.25, -0.2) is 0 Å².